The topological polar surface area (TPSA) is 49.4 Å². The SMILES string of the molecule is CC(=O)Nc1ccc(C(=O)N2CCc3cc(C)ccc32)cc1. The van der Waals surface area contributed by atoms with Crippen LogP contribution in [-0.2, 0) is 11.2 Å². The smallest absolute Gasteiger partial charge is 0.258 e. The lowest BCUT2D eigenvalue weighted by Crippen LogP contribution is -2.28. The van der Waals surface area contributed by atoms with Crippen LogP contribution in [0.5, 0.6) is 0 Å². The first-order valence-electron chi connectivity index (χ1n) is 7.33. The van der Waals surface area contributed by atoms with E-state index in [1.165, 1.54) is 18.1 Å². The van der Waals surface area contributed by atoms with Crippen molar-refractivity contribution < 1.29 is 9.59 Å². The van der Waals surface area contributed by atoms with E-state index in [2.05, 4.69) is 18.3 Å². The second-order valence-electron chi connectivity index (χ2n) is 5.60. The molecule has 4 nitrogen and oxygen atoms in total. The predicted molar refractivity (Wildman–Crippen MR) is 87.3 cm³/mol. The Labute approximate surface area is 129 Å². The molecule has 0 aliphatic carbocycles. The Kier molecular flexibility index (Phi) is 3.67. The standard InChI is InChI=1S/C18H18N2O2/c1-12-3-8-17-15(11-12)9-10-20(17)18(22)14-4-6-16(7-5-14)19-13(2)21/h3-8,11H,9-10H2,1-2H3,(H,19,21). The summed E-state index contributed by atoms with van der Waals surface area (Å²) in [6, 6.07) is 13.2. The Morgan fingerprint density at radius 2 is 1.82 bits per heavy atom. The highest BCUT2D eigenvalue weighted by atomic mass is 16.2. The molecule has 1 N–H and O–H groups in total. The average Bonchev–Trinajstić information content (AvgIpc) is 2.89. The molecule has 3 rings (SSSR count). The van der Waals surface area contributed by atoms with Crippen LogP contribution in [0.25, 0.3) is 0 Å². The van der Waals surface area contributed by atoms with Gasteiger partial charge in [0.15, 0.2) is 0 Å². The summed E-state index contributed by atoms with van der Waals surface area (Å²) in [7, 11) is 0. The van der Waals surface area contributed by atoms with Crippen LogP contribution in [0, 0.1) is 6.92 Å². The van der Waals surface area contributed by atoms with Crippen molar-refractivity contribution >= 4 is 23.2 Å². The van der Waals surface area contributed by atoms with Gasteiger partial charge in [-0.1, -0.05) is 17.7 Å². The zero-order valence-electron chi connectivity index (χ0n) is 12.7. The summed E-state index contributed by atoms with van der Waals surface area (Å²) in [5.74, 6) is -0.125. The summed E-state index contributed by atoms with van der Waals surface area (Å²) in [5, 5.41) is 2.70. The molecule has 2 aromatic carbocycles. The van der Waals surface area contributed by atoms with E-state index in [0.29, 0.717) is 17.8 Å². The summed E-state index contributed by atoms with van der Waals surface area (Å²) in [5.41, 5.74) is 4.77. The van der Waals surface area contributed by atoms with E-state index in [-0.39, 0.29) is 11.8 Å². The quantitative estimate of drug-likeness (QED) is 0.925. The van der Waals surface area contributed by atoms with Gasteiger partial charge in [-0.05, 0) is 49.2 Å². The number of benzene rings is 2. The van der Waals surface area contributed by atoms with Crippen molar-refractivity contribution in [1.82, 2.24) is 0 Å². The van der Waals surface area contributed by atoms with Crippen LogP contribution in [-0.4, -0.2) is 18.4 Å². The Morgan fingerprint density at radius 1 is 1.09 bits per heavy atom. The minimum atomic E-state index is -0.122. The van der Waals surface area contributed by atoms with E-state index in [4.69, 9.17) is 0 Å². The van der Waals surface area contributed by atoms with E-state index in [1.807, 2.05) is 17.0 Å². The number of rotatable bonds is 2. The number of hydrogen-bond acceptors (Lipinski definition) is 2. The Hall–Kier alpha value is -2.62. The van der Waals surface area contributed by atoms with Crippen LogP contribution in [0.4, 0.5) is 11.4 Å². The number of anilines is 2. The number of amides is 2. The molecule has 1 aliphatic heterocycles. The fraction of sp³-hybridized carbons (Fsp3) is 0.222. The maximum atomic E-state index is 12.7. The van der Waals surface area contributed by atoms with Crippen LogP contribution < -0.4 is 10.2 Å². The first kappa shape index (κ1) is 14.3. The van der Waals surface area contributed by atoms with Gasteiger partial charge in [0.05, 0.1) is 0 Å². The number of hydrogen-bond donors (Lipinski definition) is 1. The lowest BCUT2D eigenvalue weighted by Gasteiger charge is -2.17. The minimum Gasteiger partial charge on any atom is -0.326 e. The minimum absolute atomic E-state index is 0.00280. The number of aryl methyl sites for hydroxylation is 1. The fourth-order valence-corrected chi connectivity index (χ4v) is 2.80. The van der Waals surface area contributed by atoms with Crippen LogP contribution >= 0.6 is 0 Å². The maximum Gasteiger partial charge on any atom is 0.258 e. The third-order valence-corrected chi connectivity index (χ3v) is 3.83. The van der Waals surface area contributed by atoms with E-state index < -0.39 is 0 Å². The molecule has 2 amide bonds. The first-order chi connectivity index (χ1) is 10.5. The highest BCUT2D eigenvalue weighted by Gasteiger charge is 2.25. The fourth-order valence-electron chi connectivity index (χ4n) is 2.80. The highest BCUT2D eigenvalue weighted by molar-refractivity contribution is 6.07. The van der Waals surface area contributed by atoms with Crippen LogP contribution in [0.3, 0.4) is 0 Å². The number of nitrogens with one attached hydrogen (secondary N) is 1. The molecule has 0 spiro atoms. The third kappa shape index (κ3) is 2.72. The van der Waals surface area contributed by atoms with Gasteiger partial charge >= 0.3 is 0 Å². The molecular weight excluding hydrogens is 276 g/mol. The molecular formula is C18H18N2O2. The Bertz CT molecular complexity index is 735. The van der Waals surface area contributed by atoms with Crippen molar-refractivity contribution in [3.8, 4) is 0 Å². The normalized spacial score (nSPS) is 12.9. The molecule has 1 heterocycles. The van der Waals surface area contributed by atoms with Crippen LogP contribution in [0.2, 0.25) is 0 Å². The molecule has 4 heteroatoms. The largest absolute Gasteiger partial charge is 0.326 e. The third-order valence-electron chi connectivity index (χ3n) is 3.83. The molecule has 112 valence electrons. The zero-order valence-corrected chi connectivity index (χ0v) is 12.7. The molecule has 0 saturated heterocycles. The van der Waals surface area contributed by atoms with Gasteiger partial charge in [0.25, 0.3) is 5.91 Å². The zero-order chi connectivity index (χ0) is 15.7. The summed E-state index contributed by atoms with van der Waals surface area (Å²) in [4.78, 5) is 25.5. The van der Waals surface area contributed by atoms with Crippen molar-refractivity contribution in [1.29, 1.82) is 0 Å². The van der Waals surface area contributed by atoms with Gasteiger partial charge in [0.1, 0.15) is 0 Å². The molecule has 2 aromatic rings. The summed E-state index contributed by atoms with van der Waals surface area (Å²) >= 11 is 0. The van der Waals surface area contributed by atoms with E-state index in [1.54, 1.807) is 24.3 Å². The molecule has 0 saturated carbocycles. The van der Waals surface area contributed by atoms with Gasteiger partial charge in [-0.3, -0.25) is 9.59 Å². The lowest BCUT2D eigenvalue weighted by atomic mass is 10.1. The highest BCUT2D eigenvalue weighted by Crippen LogP contribution is 2.30. The number of carbonyl (C=O) groups excluding carboxylic acids is 2. The van der Waals surface area contributed by atoms with E-state index in [9.17, 15) is 9.59 Å². The lowest BCUT2D eigenvalue weighted by molar-refractivity contribution is -0.114. The van der Waals surface area contributed by atoms with Gasteiger partial charge in [-0.25, -0.2) is 0 Å². The van der Waals surface area contributed by atoms with Gasteiger partial charge in [-0.2, -0.15) is 0 Å². The van der Waals surface area contributed by atoms with E-state index >= 15 is 0 Å². The van der Waals surface area contributed by atoms with Crippen molar-refractivity contribution in [2.24, 2.45) is 0 Å². The molecule has 0 aromatic heterocycles. The summed E-state index contributed by atoms with van der Waals surface area (Å²) < 4.78 is 0. The second kappa shape index (κ2) is 5.64. The van der Waals surface area contributed by atoms with Gasteiger partial charge in [0.2, 0.25) is 5.91 Å². The van der Waals surface area contributed by atoms with Crippen molar-refractivity contribution in [3.63, 3.8) is 0 Å². The number of nitrogens with zero attached hydrogens (tertiary/aromatic N) is 1. The molecule has 0 unspecified atom stereocenters. The van der Waals surface area contributed by atoms with Gasteiger partial charge in [0, 0.05) is 30.4 Å². The van der Waals surface area contributed by atoms with Crippen LogP contribution in [0.1, 0.15) is 28.4 Å². The monoisotopic (exact) mass is 294 g/mol. The molecule has 1 aliphatic rings. The molecule has 22 heavy (non-hydrogen) atoms. The van der Waals surface area contributed by atoms with Crippen LogP contribution in [0.15, 0.2) is 42.5 Å². The summed E-state index contributed by atoms with van der Waals surface area (Å²) in [6.45, 7) is 4.23. The summed E-state index contributed by atoms with van der Waals surface area (Å²) in [6.07, 6.45) is 0.896. The second-order valence-corrected chi connectivity index (χ2v) is 5.60. The molecule has 0 fully saturated rings. The molecule has 0 bridgehead atoms. The number of fused-ring (bicyclic) bond motifs is 1. The average molecular weight is 294 g/mol. The van der Waals surface area contributed by atoms with Crippen molar-refractivity contribution in [3.05, 3.63) is 59.2 Å². The Balaban J connectivity index is 1.82. The molecule has 0 atom stereocenters. The maximum absolute atomic E-state index is 12.7. The van der Waals surface area contributed by atoms with E-state index in [0.717, 1.165) is 12.1 Å². The predicted octanol–water partition coefficient (Wildman–Crippen LogP) is 3.16. The van der Waals surface area contributed by atoms with Crippen molar-refractivity contribution in [2.75, 3.05) is 16.8 Å². The van der Waals surface area contributed by atoms with Crippen molar-refractivity contribution in [2.45, 2.75) is 20.3 Å². The van der Waals surface area contributed by atoms with Gasteiger partial charge in [-0.15, -0.1) is 0 Å². The number of carbonyl (C=O) groups is 2. The molecule has 0 radical (unpaired) electrons. The van der Waals surface area contributed by atoms with Gasteiger partial charge < -0.3 is 10.2 Å². The first-order valence-corrected chi connectivity index (χ1v) is 7.33. The Morgan fingerprint density at radius 3 is 2.50 bits per heavy atom.